The Labute approximate surface area is 146 Å². The van der Waals surface area contributed by atoms with Gasteiger partial charge in [0.2, 0.25) is 0 Å². The molecule has 1 aliphatic heterocycles. The number of hydrogen-bond acceptors (Lipinski definition) is 3. The van der Waals surface area contributed by atoms with Crippen molar-refractivity contribution in [1.29, 1.82) is 0 Å². The van der Waals surface area contributed by atoms with E-state index in [-0.39, 0.29) is 17.5 Å². The van der Waals surface area contributed by atoms with Crippen molar-refractivity contribution in [2.45, 2.75) is 37.3 Å². The van der Waals surface area contributed by atoms with Gasteiger partial charge in [-0.2, -0.15) is 0 Å². The molecular formula is C19H24F2N2O2. The molecule has 1 N–H and O–H groups in total. The van der Waals surface area contributed by atoms with Crippen LogP contribution in [0.1, 0.15) is 36.0 Å². The number of carbonyl (C=O) groups is 1. The molecule has 0 bridgehead atoms. The van der Waals surface area contributed by atoms with E-state index >= 15 is 0 Å². The van der Waals surface area contributed by atoms with Gasteiger partial charge in [-0.3, -0.25) is 9.69 Å². The molecule has 0 aromatic heterocycles. The van der Waals surface area contributed by atoms with E-state index in [1.54, 1.807) is 11.9 Å². The molecule has 1 atom stereocenters. The van der Waals surface area contributed by atoms with Gasteiger partial charge in [-0.1, -0.05) is 0 Å². The summed E-state index contributed by atoms with van der Waals surface area (Å²) in [6, 6.07) is 3.34. The summed E-state index contributed by atoms with van der Waals surface area (Å²) in [5, 5.41) is 10.5. The standard InChI is InChI=1S/C19H24F2N2O2/c1-22(18(24)13-4-7-15(20)16(21)8-13)17(12-2-3-12)9-23-10-19(25,11-23)14-5-6-14/h4,7-8,12,14,17,25H,2-3,5-6,9-11H2,1H3. The maximum Gasteiger partial charge on any atom is 0.254 e. The topological polar surface area (TPSA) is 43.8 Å². The van der Waals surface area contributed by atoms with E-state index < -0.39 is 17.2 Å². The van der Waals surface area contributed by atoms with Crippen LogP contribution in [-0.4, -0.2) is 59.1 Å². The Balaban J connectivity index is 1.41. The number of benzene rings is 1. The monoisotopic (exact) mass is 350 g/mol. The van der Waals surface area contributed by atoms with Gasteiger partial charge in [-0.25, -0.2) is 8.78 Å². The highest BCUT2D eigenvalue weighted by atomic mass is 19.2. The summed E-state index contributed by atoms with van der Waals surface area (Å²) in [5.74, 6) is -1.33. The molecule has 2 saturated carbocycles. The van der Waals surface area contributed by atoms with E-state index in [9.17, 15) is 18.7 Å². The molecule has 25 heavy (non-hydrogen) atoms. The molecule has 1 amide bonds. The number of β-amino-alcohol motifs (C(OH)–C–C–N with tert-alkyl or cyclic N) is 1. The number of nitrogens with zero attached hydrogens (tertiary/aromatic N) is 2. The summed E-state index contributed by atoms with van der Waals surface area (Å²) in [5.41, 5.74) is -0.360. The molecule has 1 aromatic rings. The van der Waals surface area contributed by atoms with Crippen molar-refractivity contribution < 1.29 is 18.7 Å². The molecular weight excluding hydrogens is 326 g/mol. The number of hydrogen-bond donors (Lipinski definition) is 1. The number of halogens is 2. The van der Waals surface area contributed by atoms with Gasteiger partial charge in [0, 0.05) is 38.3 Å². The minimum atomic E-state index is -1.00. The van der Waals surface area contributed by atoms with Gasteiger partial charge in [0.1, 0.15) is 0 Å². The molecule has 1 saturated heterocycles. The number of likely N-dealkylation sites (tertiary alicyclic amines) is 1. The average molecular weight is 350 g/mol. The van der Waals surface area contributed by atoms with E-state index in [2.05, 4.69) is 4.90 Å². The zero-order valence-corrected chi connectivity index (χ0v) is 14.4. The van der Waals surface area contributed by atoms with Crippen LogP contribution in [0, 0.1) is 23.5 Å². The normalized spacial score (nSPS) is 23.8. The van der Waals surface area contributed by atoms with Gasteiger partial charge < -0.3 is 10.0 Å². The molecule has 2 aliphatic carbocycles. The zero-order chi connectivity index (χ0) is 17.8. The van der Waals surface area contributed by atoms with Crippen molar-refractivity contribution in [2.24, 2.45) is 11.8 Å². The van der Waals surface area contributed by atoms with Crippen LogP contribution in [0.2, 0.25) is 0 Å². The number of amides is 1. The first-order valence-corrected chi connectivity index (χ1v) is 9.04. The predicted octanol–water partition coefficient (Wildman–Crippen LogP) is 2.27. The molecule has 0 radical (unpaired) electrons. The van der Waals surface area contributed by atoms with Gasteiger partial charge in [-0.05, 0) is 55.7 Å². The van der Waals surface area contributed by atoms with Gasteiger partial charge in [-0.15, -0.1) is 0 Å². The van der Waals surface area contributed by atoms with Crippen molar-refractivity contribution >= 4 is 5.91 Å². The molecule has 0 spiro atoms. The molecule has 4 rings (SSSR count). The van der Waals surface area contributed by atoms with Crippen LogP contribution < -0.4 is 0 Å². The van der Waals surface area contributed by atoms with Crippen molar-refractivity contribution in [3.8, 4) is 0 Å². The Hall–Kier alpha value is -1.53. The highest BCUT2D eigenvalue weighted by Gasteiger charge is 2.52. The summed E-state index contributed by atoms with van der Waals surface area (Å²) >= 11 is 0. The van der Waals surface area contributed by atoms with Gasteiger partial charge in [0.15, 0.2) is 11.6 Å². The highest BCUT2D eigenvalue weighted by molar-refractivity contribution is 5.94. The largest absolute Gasteiger partial charge is 0.387 e. The average Bonchev–Trinajstić information content (AvgIpc) is 3.43. The Bertz CT molecular complexity index is 682. The summed E-state index contributed by atoms with van der Waals surface area (Å²) in [6.45, 7) is 2.08. The predicted molar refractivity (Wildman–Crippen MR) is 89.1 cm³/mol. The van der Waals surface area contributed by atoms with E-state index in [1.165, 1.54) is 6.07 Å². The lowest BCUT2D eigenvalue weighted by Gasteiger charge is -2.49. The summed E-state index contributed by atoms with van der Waals surface area (Å²) in [6.07, 6.45) is 4.40. The fraction of sp³-hybridized carbons (Fsp3) is 0.632. The van der Waals surface area contributed by atoms with Gasteiger partial charge in [0.05, 0.1) is 5.60 Å². The van der Waals surface area contributed by atoms with Crippen molar-refractivity contribution in [3.05, 3.63) is 35.4 Å². The lowest BCUT2D eigenvalue weighted by Crippen LogP contribution is -2.65. The maximum atomic E-state index is 13.4. The molecule has 1 aromatic carbocycles. The molecule has 3 fully saturated rings. The third kappa shape index (κ3) is 3.29. The first-order valence-electron chi connectivity index (χ1n) is 9.04. The van der Waals surface area contributed by atoms with Gasteiger partial charge in [0.25, 0.3) is 5.91 Å². The summed E-state index contributed by atoms with van der Waals surface area (Å²) in [4.78, 5) is 16.6. The molecule has 4 nitrogen and oxygen atoms in total. The van der Waals surface area contributed by atoms with E-state index in [0.717, 1.165) is 44.4 Å². The van der Waals surface area contributed by atoms with Crippen LogP contribution in [0.5, 0.6) is 0 Å². The number of rotatable bonds is 6. The molecule has 3 aliphatic rings. The minimum Gasteiger partial charge on any atom is -0.387 e. The smallest absolute Gasteiger partial charge is 0.254 e. The van der Waals surface area contributed by atoms with Crippen LogP contribution in [0.3, 0.4) is 0 Å². The SMILES string of the molecule is CN(C(=O)c1ccc(F)c(F)c1)C(CN1CC(O)(C2CC2)C1)C1CC1. The Morgan fingerprint density at radius 1 is 1.28 bits per heavy atom. The van der Waals surface area contributed by atoms with E-state index in [1.807, 2.05) is 0 Å². The molecule has 136 valence electrons. The molecule has 1 heterocycles. The van der Waals surface area contributed by atoms with Crippen LogP contribution in [0.25, 0.3) is 0 Å². The van der Waals surface area contributed by atoms with Crippen molar-refractivity contribution in [2.75, 3.05) is 26.7 Å². The fourth-order valence-corrected chi connectivity index (χ4v) is 4.05. The quantitative estimate of drug-likeness (QED) is 0.856. The fourth-order valence-electron chi connectivity index (χ4n) is 4.05. The zero-order valence-electron chi connectivity index (χ0n) is 14.4. The molecule has 1 unspecified atom stereocenters. The van der Waals surface area contributed by atoms with E-state index in [0.29, 0.717) is 24.9 Å². The van der Waals surface area contributed by atoms with E-state index in [4.69, 9.17) is 0 Å². The Morgan fingerprint density at radius 2 is 1.96 bits per heavy atom. The summed E-state index contributed by atoms with van der Waals surface area (Å²) < 4.78 is 26.5. The first-order chi connectivity index (χ1) is 11.9. The minimum absolute atomic E-state index is 0.0457. The highest BCUT2D eigenvalue weighted by Crippen LogP contribution is 2.45. The second kappa shape index (κ2) is 6.02. The third-order valence-corrected chi connectivity index (χ3v) is 5.93. The van der Waals surface area contributed by atoms with Crippen molar-refractivity contribution in [3.63, 3.8) is 0 Å². The number of carbonyl (C=O) groups excluding carboxylic acids is 1. The molecule has 6 heteroatoms. The van der Waals surface area contributed by atoms with Crippen LogP contribution in [-0.2, 0) is 0 Å². The maximum absolute atomic E-state index is 13.4. The third-order valence-electron chi connectivity index (χ3n) is 5.93. The second-order valence-electron chi connectivity index (χ2n) is 8.00. The second-order valence-corrected chi connectivity index (χ2v) is 8.00. The summed E-state index contributed by atoms with van der Waals surface area (Å²) in [7, 11) is 1.74. The Morgan fingerprint density at radius 3 is 2.52 bits per heavy atom. The number of aliphatic hydroxyl groups is 1. The van der Waals surface area contributed by atoms with Gasteiger partial charge >= 0.3 is 0 Å². The Kier molecular flexibility index (Phi) is 4.07. The lowest BCUT2D eigenvalue weighted by molar-refractivity contribution is -0.118. The van der Waals surface area contributed by atoms with Crippen LogP contribution in [0.15, 0.2) is 18.2 Å². The number of likely N-dealkylation sites (N-methyl/N-ethyl adjacent to an activating group) is 1. The van der Waals surface area contributed by atoms with Crippen molar-refractivity contribution in [1.82, 2.24) is 9.80 Å². The van der Waals surface area contributed by atoms with Crippen LogP contribution >= 0.6 is 0 Å². The first kappa shape index (κ1) is 16.9. The van der Waals surface area contributed by atoms with Crippen LogP contribution in [0.4, 0.5) is 8.78 Å². The lowest BCUT2D eigenvalue weighted by atomic mass is 9.88.